The highest BCUT2D eigenvalue weighted by molar-refractivity contribution is 7.92. The van der Waals surface area contributed by atoms with Gasteiger partial charge >= 0.3 is 0 Å². The number of benzene rings is 1. The first-order valence-electron chi connectivity index (χ1n) is 5.18. The Kier molecular flexibility index (Phi) is 3.74. The minimum atomic E-state index is -3.65. The monoisotopic (exact) mass is 249 g/mol. The molecule has 3 nitrogen and oxygen atoms in total. The molecular weight excluding hydrogens is 234 g/mol. The molecule has 0 spiro atoms. The van der Waals surface area contributed by atoms with Gasteiger partial charge in [0.25, 0.3) is 0 Å². The van der Waals surface area contributed by atoms with Gasteiger partial charge in [0.2, 0.25) is 0 Å². The van der Waals surface area contributed by atoms with E-state index in [-0.39, 0.29) is 4.90 Å². The minimum Gasteiger partial charge on any atom is -0.222 e. The van der Waals surface area contributed by atoms with E-state index in [1.807, 2.05) is 6.07 Å². The Morgan fingerprint density at radius 2 is 1.88 bits per heavy atom. The molecular formula is C13H15NO2S. The maximum absolute atomic E-state index is 12.3. The number of rotatable bonds is 4. The molecule has 1 rings (SSSR count). The fraction of sp³-hybridized carbons (Fsp3) is 0.308. The predicted molar refractivity (Wildman–Crippen MR) is 67.0 cm³/mol. The smallest absolute Gasteiger partial charge is 0.195 e. The molecule has 0 fully saturated rings. The summed E-state index contributed by atoms with van der Waals surface area (Å²) in [7, 11) is -3.65. The second-order valence-corrected chi connectivity index (χ2v) is 6.43. The summed E-state index contributed by atoms with van der Waals surface area (Å²) in [4.78, 5) is 0.168. The van der Waals surface area contributed by atoms with Gasteiger partial charge in [0.15, 0.2) is 15.1 Å². The van der Waals surface area contributed by atoms with Crippen LogP contribution in [0.3, 0.4) is 0 Å². The lowest BCUT2D eigenvalue weighted by Gasteiger charge is -2.25. The number of allylic oxidation sites excluding steroid dienone is 1. The summed E-state index contributed by atoms with van der Waals surface area (Å²) in [5.74, 6) is 0. The average Bonchev–Trinajstić information content (AvgIpc) is 2.30. The molecule has 1 aromatic rings. The van der Waals surface area contributed by atoms with E-state index in [1.165, 1.54) is 18.2 Å². The van der Waals surface area contributed by atoms with E-state index in [4.69, 9.17) is 5.26 Å². The molecule has 90 valence electrons. The van der Waals surface area contributed by atoms with Gasteiger partial charge in [-0.15, -0.1) is 6.58 Å². The molecule has 0 saturated carbocycles. The van der Waals surface area contributed by atoms with Crippen molar-refractivity contribution in [1.29, 1.82) is 5.26 Å². The minimum absolute atomic E-state index is 0.168. The summed E-state index contributed by atoms with van der Waals surface area (Å²) in [6.45, 7) is 6.97. The van der Waals surface area contributed by atoms with Crippen LogP contribution >= 0.6 is 0 Å². The number of hydrogen-bond acceptors (Lipinski definition) is 3. The quantitative estimate of drug-likeness (QED) is 0.770. The van der Waals surface area contributed by atoms with Crippen molar-refractivity contribution in [3.05, 3.63) is 43.0 Å². The molecule has 0 amide bonds. The lowest BCUT2D eigenvalue weighted by Crippen LogP contribution is -2.34. The van der Waals surface area contributed by atoms with Crippen molar-refractivity contribution in [1.82, 2.24) is 0 Å². The zero-order valence-corrected chi connectivity index (χ0v) is 10.7. The van der Waals surface area contributed by atoms with Crippen LogP contribution in [0.15, 0.2) is 47.9 Å². The molecule has 1 aromatic carbocycles. The molecule has 0 aliphatic heterocycles. The molecule has 4 heteroatoms. The average molecular weight is 249 g/mol. The fourth-order valence-electron chi connectivity index (χ4n) is 1.49. The summed E-state index contributed by atoms with van der Waals surface area (Å²) in [5, 5.41) is 7.98. The van der Waals surface area contributed by atoms with Crippen LogP contribution in [0, 0.1) is 16.7 Å². The molecule has 0 radical (unpaired) electrons. The van der Waals surface area contributed by atoms with Crippen LogP contribution in [-0.4, -0.2) is 13.7 Å². The first kappa shape index (κ1) is 13.5. The fourth-order valence-corrected chi connectivity index (χ4v) is 3.33. The topological polar surface area (TPSA) is 57.9 Å². The molecule has 1 atom stereocenters. The second kappa shape index (κ2) is 4.72. The van der Waals surface area contributed by atoms with Crippen LogP contribution in [0.2, 0.25) is 0 Å². The van der Waals surface area contributed by atoms with Crippen LogP contribution in [0.4, 0.5) is 0 Å². The second-order valence-electron chi connectivity index (χ2n) is 4.39. The predicted octanol–water partition coefficient (Wildman–Crippen LogP) is 2.56. The van der Waals surface area contributed by atoms with E-state index in [0.717, 1.165) is 0 Å². The van der Waals surface area contributed by atoms with Gasteiger partial charge in [0, 0.05) is 5.41 Å². The first-order valence-corrected chi connectivity index (χ1v) is 6.73. The Labute approximate surface area is 102 Å². The van der Waals surface area contributed by atoms with Gasteiger partial charge in [-0.1, -0.05) is 38.1 Å². The van der Waals surface area contributed by atoms with Crippen LogP contribution in [-0.2, 0) is 9.84 Å². The maximum atomic E-state index is 12.3. The normalized spacial score (nSPS) is 13.7. The van der Waals surface area contributed by atoms with E-state index in [9.17, 15) is 8.42 Å². The third-order valence-corrected chi connectivity index (χ3v) is 4.96. The van der Waals surface area contributed by atoms with E-state index < -0.39 is 20.5 Å². The molecule has 0 saturated heterocycles. The van der Waals surface area contributed by atoms with Crippen molar-refractivity contribution in [2.24, 2.45) is 5.41 Å². The van der Waals surface area contributed by atoms with E-state index in [2.05, 4.69) is 6.58 Å². The van der Waals surface area contributed by atoms with E-state index in [0.29, 0.717) is 0 Å². The van der Waals surface area contributed by atoms with E-state index >= 15 is 0 Å². The summed E-state index contributed by atoms with van der Waals surface area (Å²) in [6, 6.07) is 9.89. The zero-order valence-electron chi connectivity index (χ0n) is 9.92. The Morgan fingerprint density at radius 1 is 1.35 bits per heavy atom. The lowest BCUT2D eigenvalue weighted by molar-refractivity contribution is 0.477. The Hall–Kier alpha value is -1.60. The molecule has 1 unspecified atom stereocenters. The van der Waals surface area contributed by atoms with Crippen molar-refractivity contribution in [2.45, 2.75) is 24.0 Å². The van der Waals surface area contributed by atoms with Crippen LogP contribution < -0.4 is 0 Å². The molecule has 0 aliphatic carbocycles. The first-order chi connectivity index (χ1) is 7.86. The van der Waals surface area contributed by atoms with Crippen molar-refractivity contribution in [3.63, 3.8) is 0 Å². The molecule has 0 N–H and O–H groups in total. The van der Waals surface area contributed by atoms with Crippen molar-refractivity contribution in [3.8, 4) is 6.07 Å². The largest absolute Gasteiger partial charge is 0.222 e. The molecule has 17 heavy (non-hydrogen) atoms. The van der Waals surface area contributed by atoms with Crippen molar-refractivity contribution in [2.75, 3.05) is 0 Å². The van der Waals surface area contributed by atoms with Gasteiger partial charge in [0.05, 0.1) is 11.0 Å². The molecule has 0 aromatic heterocycles. The van der Waals surface area contributed by atoms with Gasteiger partial charge in [-0.05, 0) is 12.1 Å². The van der Waals surface area contributed by atoms with Crippen molar-refractivity contribution < 1.29 is 8.42 Å². The number of sulfone groups is 1. The summed E-state index contributed by atoms with van der Waals surface area (Å²) in [5.41, 5.74) is -0.788. The van der Waals surface area contributed by atoms with Crippen LogP contribution in [0.1, 0.15) is 13.8 Å². The van der Waals surface area contributed by atoms with E-state index in [1.54, 1.807) is 32.0 Å². The summed E-state index contributed by atoms with van der Waals surface area (Å²) >= 11 is 0. The number of nitrogens with zero attached hydrogens (tertiary/aromatic N) is 1. The third-order valence-electron chi connectivity index (χ3n) is 2.70. The Bertz CT molecular complexity index is 539. The third kappa shape index (κ3) is 2.56. The maximum Gasteiger partial charge on any atom is 0.195 e. The number of nitriles is 1. The van der Waals surface area contributed by atoms with Gasteiger partial charge in [0.1, 0.15) is 0 Å². The zero-order chi connectivity index (χ0) is 13.1. The Balaban J connectivity index is 3.33. The van der Waals surface area contributed by atoms with Gasteiger partial charge < -0.3 is 0 Å². The molecule has 0 bridgehead atoms. The van der Waals surface area contributed by atoms with Crippen molar-refractivity contribution >= 4 is 9.84 Å². The number of hydrogen-bond donors (Lipinski definition) is 0. The summed E-state index contributed by atoms with van der Waals surface area (Å²) in [6.07, 6.45) is 1.50. The summed E-state index contributed by atoms with van der Waals surface area (Å²) < 4.78 is 24.6. The molecule has 0 aliphatic rings. The lowest BCUT2D eigenvalue weighted by atomic mass is 9.90. The van der Waals surface area contributed by atoms with Crippen LogP contribution in [0.25, 0.3) is 0 Å². The van der Waals surface area contributed by atoms with Gasteiger partial charge in [-0.25, -0.2) is 8.42 Å². The van der Waals surface area contributed by atoms with Crippen LogP contribution in [0.5, 0.6) is 0 Å². The van der Waals surface area contributed by atoms with Gasteiger partial charge in [-0.3, -0.25) is 0 Å². The van der Waals surface area contributed by atoms with Gasteiger partial charge in [-0.2, -0.15) is 5.26 Å². The SMILES string of the molecule is C=CC(C)(C)C(C#N)S(=O)(=O)c1ccccc1. The highest BCUT2D eigenvalue weighted by atomic mass is 32.2. The highest BCUT2D eigenvalue weighted by Gasteiger charge is 2.38. The standard InChI is InChI=1S/C13H15NO2S/c1-4-13(2,3)12(10-14)17(15,16)11-8-6-5-7-9-11/h4-9,12H,1H2,2-3H3. The Morgan fingerprint density at radius 3 is 2.29 bits per heavy atom. The molecule has 0 heterocycles. The highest BCUT2D eigenvalue weighted by Crippen LogP contribution is 2.31.